The quantitative estimate of drug-likeness (QED) is 0.626. The molecule has 0 amide bonds. The Morgan fingerprint density at radius 3 is 3.18 bits per heavy atom. The maximum absolute atomic E-state index is 4.19. The van der Waals surface area contributed by atoms with Crippen LogP contribution in [0.25, 0.3) is 0 Å². The SMILES string of the molecule is Cn1ncnc1[C@H]1CCCN1. The Kier molecular flexibility index (Phi) is 1.62. The van der Waals surface area contributed by atoms with Crippen LogP contribution in [0.2, 0.25) is 0 Å². The third kappa shape index (κ3) is 1.14. The van der Waals surface area contributed by atoms with Gasteiger partial charge in [0.05, 0.1) is 6.04 Å². The number of rotatable bonds is 1. The van der Waals surface area contributed by atoms with Crippen molar-refractivity contribution in [1.29, 1.82) is 0 Å². The van der Waals surface area contributed by atoms with Crippen LogP contribution in [0.1, 0.15) is 24.7 Å². The Labute approximate surface area is 65.6 Å². The molecule has 11 heavy (non-hydrogen) atoms. The lowest BCUT2D eigenvalue weighted by Crippen LogP contribution is -2.17. The molecule has 0 bridgehead atoms. The highest BCUT2D eigenvalue weighted by Crippen LogP contribution is 2.19. The summed E-state index contributed by atoms with van der Waals surface area (Å²) in [6, 6.07) is 0.433. The molecule has 2 rings (SSSR count). The number of nitrogens with zero attached hydrogens (tertiary/aromatic N) is 3. The summed E-state index contributed by atoms with van der Waals surface area (Å²) < 4.78 is 1.84. The van der Waals surface area contributed by atoms with Crippen molar-refractivity contribution in [2.24, 2.45) is 7.05 Å². The van der Waals surface area contributed by atoms with Gasteiger partial charge in [-0.3, -0.25) is 4.68 Å². The first-order chi connectivity index (χ1) is 5.38. The molecule has 1 N–H and O–H groups in total. The molecule has 0 unspecified atom stereocenters. The van der Waals surface area contributed by atoms with Crippen molar-refractivity contribution in [2.75, 3.05) is 6.54 Å². The van der Waals surface area contributed by atoms with Gasteiger partial charge >= 0.3 is 0 Å². The van der Waals surface area contributed by atoms with Gasteiger partial charge in [0.1, 0.15) is 12.2 Å². The Balaban J connectivity index is 2.21. The minimum Gasteiger partial charge on any atom is -0.307 e. The summed E-state index contributed by atoms with van der Waals surface area (Å²) in [5.41, 5.74) is 0. The average molecular weight is 152 g/mol. The molecule has 0 aromatic carbocycles. The zero-order chi connectivity index (χ0) is 7.68. The van der Waals surface area contributed by atoms with Crippen LogP contribution in [-0.2, 0) is 7.05 Å². The Hall–Kier alpha value is -0.900. The van der Waals surface area contributed by atoms with E-state index in [-0.39, 0.29) is 0 Å². The molecule has 1 saturated heterocycles. The smallest absolute Gasteiger partial charge is 0.143 e. The highest BCUT2D eigenvalue weighted by atomic mass is 15.3. The van der Waals surface area contributed by atoms with Crippen LogP contribution in [0.15, 0.2) is 6.33 Å². The van der Waals surface area contributed by atoms with Gasteiger partial charge in [-0.2, -0.15) is 5.10 Å². The minimum atomic E-state index is 0.433. The van der Waals surface area contributed by atoms with Crippen molar-refractivity contribution in [1.82, 2.24) is 20.1 Å². The molecule has 60 valence electrons. The molecule has 1 aromatic rings. The summed E-state index contributed by atoms with van der Waals surface area (Å²) >= 11 is 0. The third-order valence-electron chi connectivity index (χ3n) is 2.12. The van der Waals surface area contributed by atoms with Crippen LogP contribution < -0.4 is 5.32 Å². The van der Waals surface area contributed by atoms with Gasteiger partial charge in [-0.25, -0.2) is 4.98 Å². The van der Waals surface area contributed by atoms with Crippen molar-refractivity contribution in [2.45, 2.75) is 18.9 Å². The van der Waals surface area contributed by atoms with Crippen LogP contribution >= 0.6 is 0 Å². The van der Waals surface area contributed by atoms with E-state index < -0.39 is 0 Å². The Morgan fingerprint density at radius 2 is 2.64 bits per heavy atom. The molecule has 0 saturated carbocycles. The Morgan fingerprint density at radius 1 is 1.73 bits per heavy atom. The summed E-state index contributed by atoms with van der Waals surface area (Å²) in [4.78, 5) is 4.19. The van der Waals surface area contributed by atoms with E-state index in [0.717, 1.165) is 12.4 Å². The standard InChI is InChI=1S/C7H12N4/c1-11-7(9-5-10-11)6-3-2-4-8-6/h5-6,8H,2-4H2,1H3/t6-/m1/s1. The second-order valence-electron chi connectivity index (χ2n) is 2.89. The summed E-state index contributed by atoms with van der Waals surface area (Å²) in [5.74, 6) is 1.06. The average Bonchev–Trinajstić information content (AvgIpc) is 2.55. The summed E-state index contributed by atoms with van der Waals surface area (Å²) in [7, 11) is 1.93. The number of nitrogens with one attached hydrogen (secondary N) is 1. The molecule has 1 fully saturated rings. The molecule has 2 heterocycles. The van der Waals surface area contributed by atoms with Crippen molar-refractivity contribution < 1.29 is 0 Å². The first kappa shape index (κ1) is 6.79. The normalized spacial score (nSPS) is 24.3. The van der Waals surface area contributed by atoms with E-state index in [2.05, 4.69) is 15.4 Å². The van der Waals surface area contributed by atoms with E-state index in [0.29, 0.717) is 6.04 Å². The van der Waals surface area contributed by atoms with E-state index in [1.807, 2.05) is 11.7 Å². The van der Waals surface area contributed by atoms with Gasteiger partial charge in [0.15, 0.2) is 0 Å². The zero-order valence-corrected chi connectivity index (χ0v) is 6.62. The molecule has 1 aromatic heterocycles. The molecule has 0 radical (unpaired) electrons. The van der Waals surface area contributed by atoms with Crippen molar-refractivity contribution in [3.8, 4) is 0 Å². The summed E-state index contributed by atoms with van der Waals surface area (Å²) in [6.07, 6.45) is 4.04. The fraction of sp³-hybridized carbons (Fsp3) is 0.714. The molecule has 1 aliphatic heterocycles. The maximum atomic E-state index is 4.19. The van der Waals surface area contributed by atoms with E-state index in [1.165, 1.54) is 12.8 Å². The van der Waals surface area contributed by atoms with E-state index in [9.17, 15) is 0 Å². The van der Waals surface area contributed by atoms with Gasteiger partial charge in [-0.05, 0) is 19.4 Å². The van der Waals surface area contributed by atoms with Gasteiger partial charge in [-0.1, -0.05) is 0 Å². The molecule has 0 spiro atoms. The second kappa shape index (κ2) is 2.62. The topological polar surface area (TPSA) is 42.7 Å². The molecular weight excluding hydrogens is 140 g/mol. The van der Waals surface area contributed by atoms with Gasteiger partial charge in [0.25, 0.3) is 0 Å². The molecule has 1 aliphatic rings. The van der Waals surface area contributed by atoms with Gasteiger partial charge < -0.3 is 5.32 Å². The number of hydrogen-bond donors (Lipinski definition) is 1. The molecular formula is C7H12N4. The van der Waals surface area contributed by atoms with E-state index in [1.54, 1.807) is 6.33 Å². The van der Waals surface area contributed by atoms with E-state index in [4.69, 9.17) is 0 Å². The van der Waals surface area contributed by atoms with E-state index >= 15 is 0 Å². The van der Waals surface area contributed by atoms with Gasteiger partial charge in [-0.15, -0.1) is 0 Å². The highest BCUT2D eigenvalue weighted by molar-refractivity contribution is 4.96. The predicted molar refractivity (Wildman–Crippen MR) is 41.0 cm³/mol. The molecule has 4 heteroatoms. The zero-order valence-electron chi connectivity index (χ0n) is 6.62. The maximum Gasteiger partial charge on any atom is 0.143 e. The predicted octanol–water partition coefficient (Wildman–Crippen LogP) is 0.240. The largest absolute Gasteiger partial charge is 0.307 e. The van der Waals surface area contributed by atoms with Crippen LogP contribution in [0.3, 0.4) is 0 Å². The lowest BCUT2D eigenvalue weighted by atomic mass is 10.2. The van der Waals surface area contributed by atoms with Crippen LogP contribution in [-0.4, -0.2) is 21.3 Å². The number of hydrogen-bond acceptors (Lipinski definition) is 3. The first-order valence-corrected chi connectivity index (χ1v) is 3.95. The van der Waals surface area contributed by atoms with Crippen molar-refractivity contribution in [3.63, 3.8) is 0 Å². The molecule has 4 nitrogen and oxygen atoms in total. The summed E-state index contributed by atoms with van der Waals surface area (Å²) in [6.45, 7) is 1.11. The lowest BCUT2D eigenvalue weighted by Gasteiger charge is -2.07. The second-order valence-corrected chi connectivity index (χ2v) is 2.89. The number of aromatic nitrogens is 3. The summed E-state index contributed by atoms with van der Waals surface area (Å²) in [5, 5.41) is 7.40. The van der Waals surface area contributed by atoms with Gasteiger partial charge in [0, 0.05) is 7.05 Å². The van der Waals surface area contributed by atoms with Crippen LogP contribution in [0, 0.1) is 0 Å². The number of aryl methyl sites for hydroxylation is 1. The molecule has 0 aliphatic carbocycles. The highest BCUT2D eigenvalue weighted by Gasteiger charge is 2.19. The van der Waals surface area contributed by atoms with Gasteiger partial charge in [0.2, 0.25) is 0 Å². The van der Waals surface area contributed by atoms with Crippen molar-refractivity contribution >= 4 is 0 Å². The van der Waals surface area contributed by atoms with Crippen LogP contribution in [0.5, 0.6) is 0 Å². The minimum absolute atomic E-state index is 0.433. The molecule has 1 atom stereocenters. The lowest BCUT2D eigenvalue weighted by molar-refractivity contribution is 0.559. The monoisotopic (exact) mass is 152 g/mol. The van der Waals surface area contributed by atoms with Crippen molar-refractivity contribution in [3.05, 3.63) is 12.2 Å². The first-order valence-electron chi connectivity index (χ1n) is 3.95. The third-order valence-corrected chi connectivity index (χ3v) is 2.12. The van der Waals surface area contributed by atoms with Crippen LogP contribution in [0.4, 0.5) is 0 Å². The Bertz CT molecular complexity index is 236. The fourth-order valence-corrected chi connectivity index (χ4v) is 1.53. The fourth-order valence-electron chi connectivity index (χ4n) is 1.53.